The maximum Gasteiger partial charge on any atom is 0.118 e. The topological polar surface area (TPSA) is 51.6 Å². The molecule has 0 amide bonds. The first-order valence-corrected chi connectivity index (χ1v) is 5.46. The summed E-state index contributed by atoms with van der Waals surface area (Å²) >= 11 is 0. The first kappa shape index (κ1) is 10.7. The SMILES string of the molecule is NCc1ccc(CN2CCCOCC2)o1. The van der Waals surface area contributed by atoms with E-state index in [2.05, 4.69) is 4.90 Å². The van der Waals surface area contributed by atoms with E-state index in [0.717, 1.165) is 50.8 Å². The van der Waals surface area contributed by atoms with Gasteiger partial charge in [-0.15, -0.1) is 0 Å². The number of hydrogen-bond acceptors (Lipinski definition) is 4. The Balaban J connectivity index is 1.89. The summed E-state index contributed by atoms with van der Waals surface area (Å²) in [5.74, 6) is 1.86. The smallest absolute Gasteiger partial charge is 0.118 e. The lowest BCUT2D eigenvalue weighted by molar-refractivity contribution is 0.139. The predicted molar refractivity (Wildman–Crippen MR) is 57.3 cm³/mol. The van der Waals surface area contributed by atoms with Crippen LogP contribution in [-0.4, -0.2) is 31.2 Å². The molecule has 1 aliphatic rings. The Bertz CT molecular complexity index is 291. The van der Waals surface area contributed by atoms with E-state index in [4.69, 9.17) is 14.9 Å². The van der Waals surface area contributed by atoms with Gasteiger partial charge in [-0.25, -0.2) is 0 Å². The molecule has 0 aliphatic carbocycles. The van der Waals surface area contributed by atoms with Crippen LogP contribution in [0.1, 0.15) is 17.9 Å². The minimum absolute atomic E-state index is 0.475. The van der Waals surface area contributed by atoms with E-state index >= 15 is 0 Å². The van der Waals surface area contributed by atoms with Crippen LogP contribution in [0.4, 0.5) is 0 Å². The van der Waals surface area contributed by atoms with Crippen molar-refractivity contribution in [3.05, 3.63) is 23.7 Å². The van der Waals surface area contributed by atoms with Crippen molar-refractivity contribution in [2.75, 3.05) is 26.3 Å². The van der Waals surface area contributed by atoms with E-state index < -0.39 is 0 Å². The van der Waals surface area contributed by atoms with Crippen LogP contribution in [0.15, 0.2) is 16.5 Å². The van der Waals surface area contributed by atoms with Gasteiger partial charge in [0.15, 0.2) is 0 Å². The van der Waals surface area contributed by atoms with Crippen LogP contribution in [0.5, 0.6) is 0 Å². The van der Waals surface area contributed by atoms with Gasteiger partial charge in [-0.05, 0) is 18.6 Å². The molecule has 0 saturated carbocycles. The molecular weight excluding hydrogens is 192 g/mol. The molecule has 2 heterocycles. The summed E-state index contributed by atoms with van der Waals surface area (Å²) in [5, 5.41) is 0. The number of ether oxygens (including phenoxy) is 1. The molecule has 1 aromatic rings. The highest BCUT2D eigenvalue weighted by Gasteiger charge is 2.11. The van der Waals surface area contributed by atoms with Crippen molar-refractivity contribution in [2.45, 2.75) is 19.5 Å². The zero-order chi connectivity index (χ0) is 10.5. The van der Waals surface area contributed by atoms with Gasteiger partial charge in [0, 0.05) is 19.7 Å². The maximum absolute atomic E-state index is 5.57. The molecule has 1 aromatic heterocycles. The summed E-state index contributed by atoms with van der Waals surface area (Å²) in [7, 11) is 0. The molecule has 0 aromatic carbocycles. The van der Waals surface area contributed by atoms with Crippen molar-refractivity contribution in [3.8, 4) is 0 Å². The average Bonchev–Trinajstić information content (AvgIpc) is 2.54. The van der Waals surface area contributed by atoms with E-state index in [9.17, 15) is 0 Å². The van der Waals surface area contributed by atoms with E-state index in [1.54, 1.807) is 0 Å². The maximum atomic E-state index is 5.57. The standard InChI is InChI=1S/C11H18N2O2/c12-8-10-2-3-11(15-10)9-13-4-1-6-14-7-5-13/h2-3H,1,4-9,12H2. The molecule has 4 heteroatoms. The Labute approximate surface area is 90.0 Å². The lowest BCUT2D eigenvalue weighted by Gasteiger charge is -2.16. The van der Waals surface area contributed by atoms with Crippen LogP contribution >= 0.6 is 0 Å². The molecule has 0 atom stereocenters. The van der Waals surface area contributed by atoms with Crippen molar-refractivity contribution in [1.82, 2.24) is 4.90 Å². The second kappa shape index (κ2) is 5.30. The van der Waals surface area contributed by atoms with Gasteiger partial charge in [-0.3, -0.25) is 4.90 Å². The summed E-state index contributed by atoms with van der Waals surface area (Å²) in [6.07, 6.45) is 1.10. The Kier molecular flexibility index (Phi) is 3.77. The first-order chi connectivity index (χ1) is 7.38. The Morgan fingerprint density at radius 1 is 1.20 bits per heavy atom. The summed E-state index contributed by atoms with van der Waals surface area (Å²) in [6, 6.07) is 3.96. The fraction of sp³-hybridized carbons (Fsp3) is 0.636. The lowest BCUT2D eigenvalue weighted by atomic mass is 10.3. The molecule has 0 bridgehead atoms. The van der Waals surface area contributed by atoms with E-state index in [-0.39, 0.29) is 0 Å². The highest BCUT2D eigenvalue weighted by molar-refractivity contribution is 5.06. The zero-order valence-corrected chi connectivity index (χ0v) is 8.95. The quantitative estimate of drug-likeness (QED) is 0.807. The summed E-state index contributed by atoms with van der Waals surface area (Å²) in [4.78, 5) is 2.35. The van der Waals surface area contributed by atoms with Crippen molar-refractivity contribution in [1.29, 1.82) is 0 Å². The number of hydrogen-bond donors (Lipinski definition) is 1. The van der Waals surface area contributed by atoms with Gasteiger partial charge in [0.05, 0.1) is 19.7 Å². The van der Waals surface area contributed by atoms with Crippen LogP contribution in [-0.2, 0) is 17.8 Å². The van der Waals surface area contributed by atoms with Crippen LogP contribution in [0.2, 0.25) is 0 Å². The largest absolute Gasteiger partial charge is 0.463 e. The monoisotopic (exact) mass is 210 g/mol. The van der Waals surface area contributed by atoms with Gasteiger partial charge in [-0.1, -0.05) is 0 Å². The second-order valence-electron chi connectivity index (χ2n) is 3.81. The number of nitrogens with two attached hydrogens (primary N) is 1. The van der Waals surface area contributed by atoms with Crippen molar-refractivity contribution < 1.29 is 9.15 Å². The normalized spacial score (nSPS) is 19.0. The Morgan fingerprint density at radius 3 is 2.87 bits per heavy atom. The molecule has 4 nitrogen and oxygen atoms in total. The van der Waals surface area contributed by atoms with Gasteiger partial charge >= 0.3 is 0 Å². The third-order valence-corrected chi connectivity index (χ3v) is 2.61. The first-order valence-electron chi connectivity index (χ1n) is 5.46. The third kappa shape index (κ3) is 3.06. The average molecular weight is 210 g/mol. The minimum atomic E-state index is 0.475. The van der Waals surface area contributed by atoms with Gasteiger partial charge in [0.1, 0.15) is 11.5 Å². The van der Waals surface area contributed by atoms with Crippen LogP contribution < -0.4 is 5.73 Å². The molecule has 0 radical (unpaired) electrons. The second-order valence-corrected chi connectivity index (χ2v) is 3.81. The molecule has 1 fully saturated rings. The Hall–Kier alpha value is -0.840. The number of nitrogens with zero attached hydrogens (tertiary/aromatic N) is 1. The van der Waals surface area contributed by atoms with Gasteiger partial charge in [0.2, 0.25) is 0 Å². The number of furan rings is 1. The molecule has 2 rings (SSSR count). The van der Waals surface area contributed by atoms with Gasteiger partial charge in [0.25, 0.3) is 0 Å². The van der Waals surface area contributed by atoms with Crippen LogP contribution in [0, 0.1) is 0 Å². The molecule has 0 unspecified atom stereocenters. The third-order valence-electron chi connectivity index (χ3n) is 2.61. The van der Waals surface area contributed by atoms with E-state index in [1.165, 1.54) is 0 Å². The van der Waals surface area contributed by atoms with Crippen LogP contribution in [0.3, 0.4) is 0 Å². The lowest BCUT2D eigenvalue weighted by Crippen LogP contribution is -2.25. The van der Waals surface area contributed by atoms with E-state index in [0.29, 0.717) is 6.54 Å². The fourth-order valence-electron chi connectivity index (χ4n) is 1.79. The highest BCUT2D eigenvalue weighted by Crippen LogP contribution is 2.11. The fourth-order valence-corrected chi connectivity index (χ4v) is 1.79. The predicted octanol–water partition coefficient (Wildman–Crippen LogP) is 0.961. The van der Waals surface area contributed by atoms with Crippen molar-refractivity contribution in [2.24, 2.45) is 5.73 Å². The van der Waals surface area contributed by atoms with E-state index in [1.807, 2.05) is 12.1 Å². The molecule has 2 N–H and O–H groups in total. The molecule has 84 valence electrons. The summed E-state index contributed by atoms with van der Waals surface area (Å²) < 4.78 is 11.0. The molecule has 0 spiro atoms. The Morgan fingerprint density at radius 2 is 2.07 bits per heavy atom. The summed E-state index contributed by atoms with van der Waals surface area (Å²) in [6.45, 7) is 5.11. The summed E-state index contributed by atoms with van der Waals surface area (Å²) in [5.41, 5.74) is 5.49. The van der Waals surface area contributed by atoms with Crippen molar-refractivity contribution in [3.63, 3.8) is 0 Å². The highest BCUT2D eigenvalue weighted by atomic mass is 16.5. The van der Waals surface area contributed by atoms with Crippen molar-refractivity contribution >= 4 is 0 Å². The zero-order valence-electron chi connectivity index (χ0n) is 8.95. The number of rotatable bonds is 3. The molecule has 15 heavy (non-hydrogen) atoms. The molecular formula is C11H18N2O2. The molecule has 1 aliphatic heterocycles. The van der Waals surface area contributed by atoms with Crippen LogP contribution in [0.25, 0.3) is 0 Å². The van der Waals surface area contributed by atoms with Gasteiger partial charge in [-0.2, -0.15) is 0 Å². The van der Waals surface area contributed by atoms with Gasteiger partial charge < -0.3 is 14.9 Å². The molecule has 1 saturated heterocycles. The minimum Gasteiger partial charge on any atom is -0.463 e.